The fraction of sp³-hybridized carbons (Fsp3) is 0.0500. The Hall–Kier alpha value is -3.01. The second-order valence-corrected chi connectivity index (χ2v) is 7.09. The number of ether oxygens (including phenoxy) is 1. The van der Waals surface area contributed by atoms with Crippen molar-refractivity contribution in [2.75, 3.05) is 10.6 Å². The first-order chi connectivity index (χ1) is 15.0. The van der Waals surface area contributed by atoms with Crippen molar-refractivity contribution in [3.8, 4) is 11.5 Å². The Morgan fingerprint density at radius 1 is 0.844 bits per heavy atom. The zero-order valence-electron chi connectivity index (χ0n) is 15.8. The molecule has 3 rings (SSSR count). The van der Waals surface area contributed by atoms with Gasteiger partial charge in [0.1, 0.15) is 11.5 Å². The topological polar surface area (TPSA) is 80.3 Å². The van der Waals surface area contributed by atoms with Crippen LogP contribution in [-0.4, -0.2) is 15.7 Å². The molecule has 0 aliphatic carbocycles. The fourth-order valence-electron chi connectivity index (χ4n) is 2.26. The lowest BCUT2D eigenvalue weighted by Gasteiger charge is -2.12. The number of alkyl halides is 3. The van der Waals surface area contributed by atoms with Crippen molar-refractivity contribution in [1.29, 1.82) is 0 Å². The van der Waals surface area contributed by atoms with Crippen LogP contribution in [0.15, 0.2) is 67.0 Å². The molecule has 2 aromatic carbocycles. The van der Waals surface area contributed by atoms with E-state index in [4.69, 9.17) is 21.1 Å². The molecule has 168 valence electrons. The third-order valence-electron chi connectivity index (χ3n) is 3.53. The molecule has 1 heterocycles. The maximum atomic E-state index is 12.9. The highest BCUT2D eigenvalue weighted by molar-refractivity contribution is 6.93. The number of nitrogens with one attached hydrogen (secondary N) is 2. The second kappa shape index (κ2) is 11.6. The van der Waals surface area contributed by atoms with Crippen molar-refractivity contribution >= 4 is 56.9 Å². The maximum absolute atomic E-state index is 12.9. The summed E-state index contributed by atoms with van der Waals surface area (Å²) < 4.78 is 43.4. The summed E-state index contributed by atoms with van der Waals surface area (Å²) in [5, 5.41) is 4.42. The van der Waals surface area contributed by atoms with Gasteiger partial charge in [-0.3, -0.25) is 9.78 Å². The van der Waals surface area contributed by atoms with Crippen LogP contribution in [0.25, 0.3) is 0 Å². The van der Waals surface area contributed by atoms with E-state index >= 15 is 0 Å². The molecule has 3 aromatic rings. The van der Waals surface area contributed by atoms with Crippen LogP contribution in [0.1, 0.15) is 5.56 Å². The number of pyridine rings is 1. The lowest BCUT2D eigenvalue weighted by Crippen LogP contribution is -2.19. The molecule has 2 N–H and O–H groups in total. The van der Waals surface area contributed by atoms with Crippen molar-refractivity contribution in [2.24, 2.45) is 0 Å². The fourth-order valence-corrected chi connectivity index (χ4v) is 2.49. The van der Waals surface area contributed by atoms with Crippen molar-refractivity contribution < 1.29 is 27.5 Å². The number of amides is 2. The van der Waals surface area contributed by atoms with E-state index in [-0.39, 0.29) is 5.69 Å². The predicted molar refractivity (Wildman–Crippen MR) is 117 cm³/mol. The number of hydrogen-bond donors (Lipinski definition) is 2. The van der Waals surface area contributed by atoms with Crippen LogP contribution in [0, 0.1) is 0 Å². The van der Waals surface area contributed by atoms with E-state index in [2.05, 4.69) is 38.8 Å². The molecule has 6 nitrogen and oxygen atoms in total. The smallest absolute Gasteiger partial charge is 0.417 e. The SMILES string of the molecule is O=C(Cl)Cl.O=C(Nc1ccc(Oc2ccncc2)cc1)Nc1ccc(Cl)c(C(F)(F)F)c1. The van der Waals surface area contributed by atoms with Crippen molar-refractivity contribution in [3.05, 3.63) is 77.6 Å². The summed E-state index contributed by atoms with van der Waals surface area (Å²) in [6.45, 7) is 0. The lowest BCUT2D eigenvalue weighted by atomic mass is 10.2. The van der Waals surface area contributed by atoms with Crippen molar-refractivity contribution in [3.63, 3.8) is 0 Å². The molecule has 0 saturated carbocycles. The largest absolute Gasteiger partial charge is 0.457 e. The van der Waals surface area contributed by atoms with E-state index in [1.807, 2.05) is 0 Å². The molecule has 0 spiro atoms. The van der Waals surface area contributed by atoms with Crippen molar-refractivity contribution in [1.82, 2.24) is 4.98 Å². The van der Waals surface area contributed by atoms with Gasteiger partial charge in [0, 0.05) is 23.8 Å². The maximum Gasteiger partial charge on any atom is 0.417 e. The third-order valence-corrected chi connectivity index (χ3v) is 3.86. The lowest BCUT2D eigenvalue weighted by molar-refractivity contribution is -0.137. The highest BCUT2D eigenvalue weighted by Crippen LogP contribution is 2.36. The van der Waals surface area contributed by atoms with Gasteiger partial charge in [-0.05, 0) is 77.8 Å². The number of nitrogens with zero attached hydrogens (tertiary/aromatic N) is 1. The molecule has 32 heavy (non-hydrogen) atoms. The summed E-state index contributed by atoms with van der Waals surface area (Å²) in [7, 11) is 0. The van der Waals surface area contributed by atoms with E-state index in [0.717, 1.165) is 12.1 Å². The number of carbonyl (C=O) groups excluding carboxylic acids is 2. The number of carbonyl (C=O) groups is 2. The van der Waals surface area contributed by atoms with Crippen LogP contribution in [-0.2, 0) is 6.18 Å². The average Bonchev–Trinajstić information content (AvgIpc) is 2.70. The summed E-state index contributed by atoms with van der Waals surface area (Å²) in [6.07, 6.45) is -1.43. The van der Waals surface area contributed by atoms with Gasteiger partial charge >= 0.3 is 16.9 Å². The summed E-state index contributed by atoms with van der Waals surface area (Å²) >= 11 is 14.4. The summed E-state index contributed by atoms with van der Waals surface area (Å²) in [5.74, 6) is 1.15. The van der Waals surface area contributed by atoms with Gasteiger partial charge in [0.15, 0.2) is 0 Å². The second-order valence-electron chi connectivity index (χ2n) is 5.81. The first kappa shape index (κ1) is 25.3. The van der Waals surface area contributed by atoms with E-state index < -0.39 is 27.5 Å². The van der Waals surface area contributed by atoms with E-state index in [9.17, 15) is 18.0 Å². The molecule has 1 aromatic heterocycles. The molecule has 0 bridgehead atoms. The predicted octanol–water partition coefficient (Wildman–Crippen LogP) is 7.77. The highest BCUT2D eigenvalue weighted by atomic mass is 35.5. The van der Waals surface area contributed by atoms with E-state index in [0.29, 0.717) is 17.2 Å². The minimum Gasteiger partial charge on any atom is -0.457 e. The van der Waals surface area contributed by atoms with E-state index in [1.54, 1.807) is 48.8 Å². The van der Waals surface area contributed by atoms with Crippen LogP contribution in [0.5, 0.6) is 11.5 Å². The number of hydrogen-bond acceptors (Lipinski definition) is 4. The van der Waals surface area contributed by atoms with Crippen LogP contribution in [0.4, 0.5) is 34.1 Å². The van der Waals surface area contributed by atoms with Gasteiger partial charge in [-0.1, -0.05) is 11.6 Å². The quantitative estimate of drug-likeness (QED) is 0.354. The molecule has 0 aliphatic heterocycles. The number of rotatable bonds is 4. The Morgan fingerprint density at radius 3 is 1.91 bits per heavy atom. The van der Waals surface area contributed by atoms with Gasteiger partial charge in [0.25, 0.3) is 0 Å². The van der Waals surface area contributed by atoms with Crippen LogP contribution in [0.3, 0.4) is 0 Å². The van der Waals surface area contributed by atoms with Crippen LogP contribution >= 0.6 is 34.8 Å². The standard InChI is InChI=1S/C19H13ClF3N3O2.CCl2O/c20-17-6-3-13(11-16(17)19(21,22)23)26-18(27)25-12-1-4-14(5-2-12)28-15-7-9-24-10-8-15;2-1(3)4/h1-11H,(H2,25,26,27);. The molecule has 0 atom stereocenters. The first-order valence-electron chi connectivity index (χ1n) is 8.52. The molecular formula is C20H13Cl3F3N3O3. The molecule has 2 amide bonds. The minimum atomic E-state index is -4.62. The molecule has 0 radical (unpaired) electrons. The first-order valence-corrected chi connectivity index (χ1v) is 9.65. The van der Waals surface area contributed by atoms with Gasteiger partial charge in [-0.2, -0.15) is 13.2 Å². The molecular weight excluding hydrogens is 494 g/mol. The number of anilines is 2. The van der Waals surface area contributed by atoms with Crippen molar-refractivity contribution in [2.45, 2.75) is 6.18 Å². The van der Waals surface area contributed by atoms with Gasteiger partial charge in [-0.25, -0.2) is 4.79 Å². The molecule has 0 fully saturated rings. The number of aromatic nitrogens is 1. The van der Waals surface area contributed by atoms with Gasteiger partial charge in [-0.15, -0.1) is 0 Å². The molecule has 12 heteroatoms. The monoisotopic (exact) mass is 505 g/mol. The van der Waals surface area contributed by atoms with Gasteiger partial charge in [0.2, 0.25) is 0 Å². The average molecular weight is 507 g/mol. The minimum absolute atomic E-state index is 0.0353. The number of benzene rings is 2. The molecule has 0 saturated heterocycles. The van der Waals surface area contributed by atoms with Crippen LogP contribution in [0.2, 0.25) is 5.02 Å². The van der Waals surface area contributed by atoms with Crippen LogP contribution < -0.4 is 15.4 Å². The summed E-state index contributed by atoms with van der Waals surface area (Å²) in [6, 6.07) is 12.3. The Kier molecular flexibility index (Phi) is 9.13. The summed E-state index contributed by atoms with van der Waals surface area (Å²) in [5.41, 5.74) is -0.624. The Bertz CT molecular complexity index is 1060. The number of urea groups is 1. The third kappa shape index (κ3) is 8.62. The number of halogens is 6. The van der Waals surface area contributed by atoms with E-state index in [1.165, 1.54) is 6.07 Å². The Morgan fingerprint density at radius 2 is 1.34 bits per heavy atom. The Labute approximate surface area is 195 Å². The molecule has 0 aliphatic rings. The Balaban J connectivity index is 0.000000837. The molecule has 0 unspecified atom stereocenters. The van der Waals surface area contributed by atoms with Gasteiger partial charge < -0.3 is 15.4 Å². The normalized spacial score (nSPS) is 10.4. The highest BCUT2D eigenvalue weighted by Gasteiger charge is 2.33. The summed E-state index contributed by atoms with van der Waals surface area (Å²) in [4.78, 5) is 24.9. The zero-order chi connectivity index (χ0) is 23.7. The van der Waals surface area contributed by atoms with Gasteiger partial charge in [0.05, 0.1) is 10.6 Å². The zero-order valence-corrected chi connectivity index (χ0v) is 18.1.